The van der Waals surface area contributed by atoms with Gasteiger partial charge in [0.05, 0.1) is 29.6 Å². The summed E-state index contributed by atoms with van der Waals surface area (Å²) in [5, 5.41) is 13.0. The van der Waals surface area contributed by atoms with Crippen LogP contribution in [0.25, 0.3) is 32.9 Å². The Hall–Kier alpha value is -4.39. The van der Waals surface area contributed by atoms with Crippen LogP contribution in [0.4, 0.5) is 9.52 Å². The number of methoxy groups -OCH3 is 1. The van der Waals surface area contributed by atoms with Crippen molar-refractivity contribution in [3.63, 3.8) is 0 Å². The Morgan fingerprint density at radius 1 is 1.06 bits per heavy atom. The molecule has 1 N–H and O–H groups in total. The van der Waals surface area contributed by atoms with Gasteiger partial charge in [-0.15, -0.1) is 0 Å². The SMILES string of the molecule is COc1cccc(F)c1-c1nc(C#N)ccc1C(=O)Nc1nc2ccc(-c3ccc(Cl)cc3)nc2s1. The number of carbonyl (C=O) groups excluding carboxylic acids is 1. The molecule has 0 spiro atoms. The van der Waals surface area contributed by atoms with E-state index in [2.05, 4.69) is 20.3 Å². The largest absolute Gasteiger partial charge is 0.496 e. The molecule has 0 fully saturated rings. The molecular formula is C26H15ClFN5O2S. The zero-order valence-corrected chi connectivity index (χ0v) is 20.2. The minimum atomic E-state index is -0.634. The summed E-state index contributed by atoms with van der Waals surface area (Å²) in [5.74, 6) is -1.01. The first-order valence-corrected chi connectivity index (χ1v) is 11.7. The molecule has 2 aromatic carbocycles. The molecule has 0 radical (unpaired) electrons. The van der Waals surface area contributed by atoms with E-state index in [1.54, 1.807) is 18.2 Å². The number of pyridine rings is 2. The van der Waals surface area contributed by atoms with Gasteiger partial charge in [0, 0.05) is 10.6 Å². The van der Waals surface area contributed by atoms with Crippen LogP contribution in [0.1, 0.15) is 16.1 Å². The van der Waals surface area contributed by atoms with Crippen LogP contribution in [0.2, 0.25) is 5.02 Å². The number of nitrogens with one attached hydrogen (secondary N) is 1. The fourth-order valence-corrected chi connectivity index (χ4v) is 4.58. The van der Waals surface area contributed by atoms with E-state index in [0.29, 0.717) is 20.5 Å². The van der Waals surface area contributed by atoms with Crippen LogP contribution in [-0.2, 0) is 0 Å². The van der Waals surface area contributed by atoms with Gasteiger partial charge in [-0.3, -0.25) is 10.1 Å². The van der Waals surface area contributed by atoms with Crippen molar-refractivity contribution in [3.8, 4) is 34.3 Å². The Morgan fingerprint density at radius 3 is 2.61 bits per heavy atom. The highest BCUT2D eigenvalue weighted by Gasteiger charge is 2.22. The van der Waals surface area contributed by atoms with E-state index in [-0.39, 0.29) is 28.3 Å². The third-order valence-corrected chi connectivity index (χ3v) is 6.43. The molecule has 0 aliphatic carbocycles. The number of halogens is 2. The van der Waals surface area contributed by atoms with E-state index in [9.17, 15) is 14.4 Å². The van der Waals surface area contributed by atoms with Crippen LogP contribution in [-0.4, -0.2) is 28.0 Å². The lowest BCUT2D eigenvalue weighted by molar-refractivity contribution is 0.102. The minimum absolute atomic E-state index is 0.00855. The van der Waals surface area contributed by atoms with E-state index < -0.39 is 11.7 Å². The average Bonchev–Trinajstić information content (AvgIpc) is 3.30. The molecule has 7 nitrogen and oxygen atoms in total. The number of benzene rings is 2. The van der Waals surface area contributed by atoms with Crippen molar-refractivity contribution in [2.75, 3.05) is 12.4 Å². The number of nitriles is 1. The lowest BCUT2D eigenvalue weighted by Gasteiger charge is -2.13. The third kappa shape index (κ3) is 4.47. The number of ether oxygens (including phenoxy) is 1. The normalized spacial score (nSPS) is 10.7. The predicted octanol–water partition coefficient (Wildman–Crippen LogP) is 6.35. The molecule has 10 heteroatoms. The van der Waals surface area contributed by atoms with Crippen molar-refractivity contribution < 1.29 is 13.9 Å². The monoisotopic (exact) mass is 515 g/mol. The lowest BCUT2D eigenvalue weighted by atomic mass is 10.0. The number of carbonyl (C=O) groups is 1. The number of rotatable bonds is 5. The number of thiazole rings is 1. The molecule has 3 heterocycles. The number of amides is 1. The Labute approximate surface area is 213 Å². The van der Waals surface area contributed by atoms with Crippen molar-refractivity contribution in [1.29, 1.82) is 5.26 Å². The van der Waals surface area contributed by atoms with Crippen LogP contribution in [0, 0.1) is 17.1 Å². The van der Waals surface area contributed by atoms with Crippen molar-refractivity contribution in [2.45, 2.75) is 0 Å². The topological polar surface area (TPSA) is 101 Å². The first-order chi connectivity index (χ1) is 17.5. The number of nitrogens with zero attached hydrogens (tertiary/aromatic N) is 4. The van der Waals surface area contributed by atoms with E-state index in [0.717, 1.165) is 11.3 Å². The van der Waals surface area contributed by atoms with Crippen LogP contribution in [0.15, 0.2) is 66.7 Å². The van der Waals surface area contributed by atoms with Gasteiger partial charge >= 0.3 is 0 Å². The molecule has 0 saturated carbocycles. The maximum atomic E-state index is 14.8. The molecular weight excluding hydrogens is 501 g/mol. The van der Waals surface area contributed by atoms with Gasteiger partial charge in [-0.05, 0) is 48.5 Å². The zero-order valence-electron chi connectivity index (χ0n) is 18.6. The number of hydrogen-bond acceptors (Lipinski definition) is 7. The van der Waals surface area contributed by atoms with Gasteiger partial charge in [0.15, 0.2) is 5.13 Å². The summed E-state index contributed by atoms with van der Waals surface area (Å²) in [6.07, 6.45) is 0. The van der Waals surface area contributed by atoms with Crippen molar-refractivity contribution in [2.24, 2.45) is 0 Å². The summed E-state index contributed by atoms with van der Waals surface area (Å²) in [6.45, 7) is 0. The first-order valence-electron chi connectivity index (χ1n) is 10.6. The fraction of sp³-hybridized carbons (Fsp3) is 0.0385. The molecule has 176 valence electrons. The maximum absolute atomic E-state index is 14.8. The maximum Gasteiger partial charge on any atom is 0.259 e. The zero-order chi connectivity index (χ0) is 25.2. The Bertz CT molecular complexity index is 1660. The number of aromatic nitrogens is 3. The van der Waals surface area contributed by atoms with Gasteiger partial charge < -0.3 is 4.74 Å². The molecule has 0 atom stereocenters. The van der Waals surface area contributed by atoms with Crippen molar-refractivity contribution in [3.05, 3.63) is 88.8 Å². The molecule has 0 saturated heterocycles. The van der Waals surface area contributed by atoms with Crippen LogP contribution in [0.5, 0.6) is 5.75 Å². The van der Waals surface area contributed by atoms with Crippen LogP contribution in [0.3, 0.4) is 0 Å². The standard InChI is InChI=1S/C26H15ClFN5O2S/c1-35-21-4-2-3-18(28)22(21)23-17(10-9-16(13-29)30-23)24(34)33-26-32-20-12-11-19(31-25(20)36-26)14-5-7-15(27)8-6-14/h2-12H,1H3,(H,32,33,34). The van der Waals surface area contributed by atoms with Crippen molar-refractivity contribution >= 4 is 44.3 Å². The molecule has 36 heavy (non-hydrogen) atoms. The third-order valence-electron chi connectivity index (χ3n) is 5.30. The fourth-order valence-electron chi connectivity index (χ4n) is 3.62. The summed E-state index contributed by atoms with van der Waals surface area (Å²) in [6, 6.07) is 20.0. The molecule has 0 bridgehead atoms. The van der Waals surface area contributed by atoms with E-state index in [4.69, 9.17) is 16.3 Å². The second-order valence-corrected chi connectivity index (χ2v) is 8.94. The lowest BCUT2D eigenvalue weighted by Crippen LogP contribution is -2.14. The molecule has 0 aliphatic rings. The Kier molecular flexibility index (Phi) is 6.29. The van der Waals surface area contributed by atoms with E-state index >= 15 is 0 Å². The van der Waals surface area contributed by atoms with Gasteiger partial charge in [-0.25, -0.2) is 19.3 Å². The molecule has 5 rings (SSSR count). The summed E-state index contributed by atoms with van der Waals surface area (Å²) >= 11 is 7.17. The molecule has 0 unspecified atom stereocenters. The van der Waals surface area contributed by atoms with Crippen molar-refractivity contribution in [1.82, 2.24) is 15.0 Å². The molecule has 1 amide bonds. The van der Waals surface area contributed by atoms with Crippen LogP contribution < -0.4 is 10.1 Å². The van der Waals surface area contributed by atoms with Gasteiger partial charge in [-0.2, -0.15) is 5.26 Å². The highest BCUT2D eigenvalue weighted by molar-refractivity contribution is 7.22. The molecule has 0 aliphatic heterocycles. The summed E-state index contributed by atoms with van der Waals surface area (Å²) in [4.78, 5) is 27.2. The number of anilines is 1. The van der Waals surface area contributed by atoms with Gasteiger partial charge in [0.25, 0.3) is 5.91 Å². The molecule has 5 aromatic rings. The minimum Gasteiger partial charge on any atom is -0.496 e. The molecule has 3 aromatic heterocycles. The smallest absolute Gasteiger partial charge is 0.259 e. The average molecular weight is 516 g/mol. The predicted molar refractivity (Wildman–Crippen MR) is 137 cm³/mol. The van der Waals surface area contributed by atoms with Gasteiger partial charge in [0.2, 0.25) is 0 Å². The number of fused-ring (bicyclic) bond motifs is 1. The summed E-state index contributed by atoms with van der Waals surface area (Å²) in [7, 11) is 1.39. The highest BCUT2D eigenvalue weighted by atomic mass is 35.5. The van der Waals surface area contributed by atoms with E-state index in [1.807, 2.05) is 30.3 Å². The van der Waals surface area contributed by atoms with Crippen LogP contribution >= 0.6 is 22.9 Å². The quantitative estimate of drug-likeness (QED) is 0.293. The second kappa shape index (κ2) is 9.70. The second-order valence-electron chi connectivity index (χ2n) is 7.52. The Balaban J connectivity index is 1.50. The van der Waals surface area contributed by atoms with Gasteiger partial charge in [-0.1, -0.05) is 41.1 Å². The van der Waals surface area contributed by atoms with E-state index in [1.165, 1.54) is 42.7 Å². The highest BCUT2D eigenvalue weighted by Crippen LogP contribution is 2.34. The van der Waals surface area contributed by atoms with Gasteiger partial charge in [0.1, 0.15) is 33.7 Å². The first kappa shape index (κ1) is 23.4. The summed E-state index contributed by atoms with van der Waals surface area (Å²) in [5.41, 5.74) is 2.32. The summed E-state index contributed by atoms with van der Waals surface area (Å²) < 4.78 is 20.1. The number of hydrogen-bond donors (Lipinski definition) is 1. The Morgan fingerprint density at radius 2 is 1.86 bits per heavy atom.